The summed E-state index contributed by atoms with van der Waals surface area (Å²) in [6, 6.07) is 7.74. The maximum Gasteiger partial charge on any atom is 0.130 e. The third-order valence-electron chi connectivity index (χ3n) is 1.81. The van der Waals surface area contributed by atoms with Gasteiger partial charge in [-0.25, -0.2) is 0 Å². The number of hydrogen-bond donors (Lipinski definition) is 0. The van der Waals surface area contributed by atoms with E-state index >= 15 is 0 Å². The van der Waals surface area contributed by atoms with E-state index in [1.165, 1.54) is 0 Å². The van der Waals surface area contributed by atoms with Crippen LogP contribution in [0.3, 0.4) is 0 Å². The highest BCUT2D eigenvalue weighted by Gasteiger charge is 2.09. The van der Waals surface area contributed by atoms with Gasteiger partial charge in [-0.15, -0.1) is 11.6 Å². The van der Waals surface area contributed by atoms with Gasteiger partial charge in [0.25, 0.3) is 0 Å². The van der Waals surface area contributed by atoms with Gasteiger partial charge in [-0.3, -0.25) is 4.99 Å². The second-order valence-electron chi connectivity index (χ2n) is 2.72. The summed E-state index contributed by atoms with van der Waals surface area (Å²) < 4.78 is 0. The minimum atomic E-state index is -0.0494. The van der Waals surface area contributed by atoms with E-state index in [-0.39, 0.29) is 5.38 Å². The summed E-state index contributed by atoms with van der Waals surface area (Å²) in [5, 5.41) is 0.454. The molecule has 0 aliphatic heterocycles. The van der Waals surface area contributed by atoms with Gasteiger partial charge in [0, 0.05) is 12.6 Å². The van der Waals surface area contributed by atoms with Gasteiger partial charge in [0.15, 0.2) is 0 Å². The molecule has 13 heavy (non-hydrogen) atoms. The topological polar surface area (TPSA) is 12.4 Å². The van der Waals surface area contributed by atoms with Crippen LogP contribution in [0.1, 0.15) is 23.4 Å². The lowest BCUT2D eigenvalue weighted by Gasteiger charge is -2.08. The molecule has 1 rings (SSSR count). The summed E-state index contributed by atoms with van der Waals surface area (Å²) in [6.45, 7) is 1.92. The third kappa shape index (κ3) is 2.45. The summed E-state index contributed by atoms with van der Waals surface area (Å²) in [6.07, 6.45) is 0. The summed E-state index contributed by atoms with van der Waals surface area (Å²) in [7, 11) is 1.66. The molecule has 0 aromatic heterocycles. The molecule has 0 saturated carbocycles. The fraction of sp³-hybridized carbons (Fsp3) is 0.300. The Morgan fingerprint density at radius 2 is 2.00 bits per heavy atom. The molecule has 1 aromatic carbocycles. The van der Waals surface area contributed by atoms with Crippen molar-refractivity contribution in [3.8, 4) is 0 Å². The molecule has 0 aliphatic rings. The lowest BCUT2D eigenvalue weighted by atomic mass is 10.1. The van der Waals surface area contributed by atoms with Crippen molar-refractivity contribution in [1.29, 1.82) is 0 Å². The smallest absolute Gasteiger partial charge is 0.130 e. The van der Waals surface area contributed by atoms with E-state index in [1.54, 1.807) is 7.05 Å². The molecule has 1 aromatic rings. The van der Waals surface area contributed by atoms with Crippen LogP contribution in [0, 0.1) is 0 Å². The molecule has 0 N–H and O–H groups in total. The predicted molar refractivity (Wildman–Crippen MR) is 59.0 cm³/mol. The number of rotatable bonds is 2. The van der Waals surface area contributed by atoms with Crippen molar-refractivity contribution in [1.82, 2.24) is 0 Å². The minimum Gasteiger partial charge on any atom is -0.276 e. The Morgan fingerprint density at radius 1 is 1.38 bits per heavy atom. The van der Waals surface area contributed by atoms with Crippen LogP contribution in [-0.4, -0.2) is 12.2 Å². The van der Waals surface area contributed by atoms with Gasteiger partial charge in [-0.1, -0.05) is 35.9 Å². The molecular formula is C10H11Cl2N. The lowest BCUT2D eigenvalue weighted by Crippen LogP contribution is -1.98. The first-order chi connectivity index (χ1) is 6.16. The molecule has 1 unspecified atom stereocenters. The average Bonchev–Trinajstić information content (AvgIpc) is 2.16. The first-order valence-corrected chi connectivity index (χ1v) is 4.84. The average molecular weight is 216 g/mol. The molecule has 0 radical (unpaired) electrons. The number of alkyl halides is 1. The van der Waals surface area contributed by atoms with E-state index < -0.39 is 0 Å². The molecule has 0 heterocycles. The molecule has 0 amide bonds. The van der Waals surface area contributed by atoms with Gasteiger partial charge >= 0.3 is 0 Å². The van der Waals surface area contributed by atoms with Crippen molar-refractivity contribution in [2.24, 2.45) is 4.99 Å². The second-order valence-corrected chi connectivity index (χ2v) is 3.73. The van der Waals surface area contributed by atoms with E-state index in [0.717, 1.165) is 11.1 Å². The Balaban J connectivity index is 3.20. The molecule has 0 fully saturated rings. The van der Waals surface area contributed by atoms with Gasteiger partial charge in [0.05, 0.1) is 5.38 Å². The van der Waals surface area contributed by atoms with Gasteiger partial charge in [-0.2, -0.15) is 0 Å². The largest absolute Gasteiger partial charge is 0.276 e. The van der Waals surface area contributed by atoms with E-state index in [1.807, 2.05) is 31.2 Å². The summed E-state index contributed by atoms with van der Waals surface area (Å²) in [5.74, 6) is 0. The second kappa shape index (κ2) is 4.64. The van der Waals surface area contributed by atoms with Gasteiger partial charge < -0.3 is 0 Å². The van der Waals surface area contributed by atoms with E-state index in [2.05, 4.69) is 4.99 Å². The van der Waals surface area contributed by atoms with Crippen LogP contribution in [0.5, 0.6) is 0 Å². The van der Waals surface area contributed by atoms with Crippen molar-refractivity contribution in [2.45, 2.75) is 12.3 Å². The molecular weight excluding hydrogens is 205 g/mol. The molecule has 1 nitrogen and oxygen atoms in total. The highest BCUT2D eigenvalue weighted by atomic mass is 35.5. The quantitative estimate of drug-likeness (QED) is 0.529. The maximum absolute atomic E-state index is 6.00. The van der Waals surface area contributed by atoms with Crippen molar-refractivity contribution in [3.05, 3.63) is 35.4 Å². The molecule has 3 heteroatoms. The zero-order valence-electron chi connectivity index (χ0n) is 7.59. The molecule has 0 bridgehead atoms. The third-order valence-corrected chi connectivity index (χ3v) is 2.42. The van der Waals surface area contributed by atoms with Crippen molar-refractivity contribution < 1.29 is 0 Å². The maximum atomic E-state index is 6.00. The molecule has 70 valence electrons. The molecule has 0 aliphatic carbocycles. The van der Waals surface area contributed by atoms with Gasteiger partial charge in [0.1, 0.15) is 5.17 Å². The van der Waals surface area contributed by atoms with Crippen molar-refractivity contribution in [3.63, 3.8) is 0 Å². The van der Waals surface area contributed by atoms with E-state index in [0.29, 0.717) is 5.17 Å². The van der Waals surface area contributed by atoms with Crippen LogP contribution in [0.4, 0.5) is 0 Å². The first-order valence-electron chi connectivity index (χ1n) is 4.02. The number of benzene rings is 1. The number of hydrogen-bond acceptors (Lipinski definition) is 1. The molecule has 0 saturated heterocycles. The van der Waals surface area contributed by atoms with Crippen LogP contribution in [0.2, 0.25) is 0 Å². The SMILES string of the molecule is CN=C(Cl)c1ccccc1C(C)Cl. The fourth-order valence-electron chi connectivity index (χ4n) is 1.15. The van der Waals surface area contributed by atoms with Gasteiger partial charge in [-0.05, 0) is 12.5 Å². The summed E-state index contributed by atoms with van der Waals surface area (Å²) in [4.78, 5) is 3.93. The molecule has 1 atom stereocenters. The summed E-state index contributed by atoms with van der Waals surface area (Å²) >= 11 is 11.9. The van der Waals surface area contributed by atoms with Crippen LogP contribution in [-0.2, 0) is 0 Å². The first kappa shape index (κ1) is 10.6. The Hall–Kier alpha value is -0.530. The zero-order valence-corrected chi connectivity index (χ0v) is 9.10. The Morgan fingerprint density at radius 3 is 2.54 bits per heavy atom. The lowest BCUT2D eigenvalue weighted by molar-refractivity contribution is 1.08. The van der Waals surface area contributed by atoms with Gasteiger partial charge in [0.2, 0.25) is 0 Å². The fourth-order valence-corrected chi connectivity index (χ4v) is 1.51. The number of aliphatic imine (C=N–C) groups is 1. The van der Waals surface area contributed by atoms with Crippen molar-refractivity contribution in [2.75, 3.05) is 7.05 Å². The molecule has 0 spiro atoms. The van der Waals surface area contributed by atoms with E-state index in [9.17, 15) is 0 Å². The minimum absolute atomic E-state index is 0.0494. The normalized spacial score (nSPS) is 14.3. The summed E-state index contributed by atoms with van der Waals surface area (Å²) in [5.41, 5.74) is 1.92. The van der Waals surface area contributed by atoms with Crippen LogP contribution < -0.4 is 0 Å². The van der Waals surface area contributed by atoms with Crippen LogP contribution in [0.15, 0.2) is 29.3 Å². The highest BCUT2D eigenvalue weighted by Crippen LogP contribution is 2.24. The Bertz CT molecular complexity index is 318. The Kier molecular flexibility index (Phi) is 3.76. The zero-order chi connectivity index (χ0) is 9.84. The van der Waals surface area contributed by atoms with Crippen LogP contribution >= 0.6 is 23.2 Å². The number of nitrogens with zero attached hydrogens (tertiary/aromatic N) is 1. The Labute approximate surface area is 88.4 Å². The monoisotopic (exact) mass is 215 g/mol. The highest BCUT2D eigenvalue weighted by molar-refractivity contribution is 6.69. The van der Waals surface area contributed by atoms with Crippen molar-refractivity contribution >= 4 is 28.4 Å². The van der Waals surface area contributed by atoms with Crippen LogP contribution in [0.25, 0.3) is 0 Å². The standard InChI is InChI=1S/C10H11Cl2N/c1-7(11)8-5-3-4-6-9(8)10(12)13-2/h3-7H,1-2H3. The predicted octanol–water partition coefficient (Wildman–Crippen LogP) is 3.60. The van der Waals surface area contributed by atoms with E-state index in [4.69, 9.17) is 23.2 Å². The number of halogens is 2.